The lowest BCUT2D eigenvalue weighted by molar-refractivity contribution is -0.116. The molecular weight excluding hydrogens is 595 g/mol. The maximum Gasteiger partial charge on any atom is 0.341 e. The largest absolute Gasteiger partial charge is 0.462 e. The van der Waals surface area contributed by atoms with Crippen LogP contribution in [0, 0.1) is 6.92 Å². The number of benzene rings is 3. The van der Waals surface area contributed by atoms with E-state index in [1.807, 2.05) is 79.7 Å². The number of thiophene rings is 1. The molecule has 1 heterocycles. The number of hydrogen-bond acceptors (Lipinski definition) is 7. The van der Waals surface area contributed by atoms with Gasteiger partial charge in [0, 0.05) is 22.7 Å². The van der Waals surface area contributed by atoms with Crippen LogP contribution in [-0.2, 0) is 14.3 Å². The lowest BCUT2D eigenvalue weighted by atomic mass is 10.1. The lowest BCUT2D eigenvalue weighted by Gasteiger charge is -2.18. The molecule has 4 rings (SSSR count). The first-order valence-corrected chi connectivity index (χ1v) is 16.1. The van der Waals surface area contributed by atoms with Crippen LogP contribution in [0.4, 0.5) is 16.4 Å². The van der Waals surface area contributed by atoms with Gasteiger partial charge >= 0.3 is 5.97 Å². The number of unbranched alkanes of at least 4 members (excludes halogenated alkanes) is 1. The lowest BCUT2D eigenvalue weighted by Crippen LogP contribution is -2.20. The van der Waals surface area contributed by atoms with Gasteiger partial charge in [-0.05, 0) is 61.7 Å². The normalized spacial score (nSPS) is 11.3. The summed E-state index contributed by atoms with van der Waals surface area (Å²) in [5.41, 5.74) is 2.58. The number of esters is 1. The monoisotopic (exact) mass is 629 g/mol. The van der Waals surface area contributed by atoms with Gasteiger partial charge in [-0.25, -0.2) is 4.79 Å². The molecular formula is C34H35N3O5S2. The summed E-state index contributed by atoms with van der Waals surface area (Å²) in [5, 5.41) is 8.23. The summed E-state index contributed by atoms with van der Waals surface area (Å²) in [6.45, 7) is 5.54. The molecule has 0 saturated heterocycles. The minimum atomic E-state index is -0.707. The van der Waals surface area contributed by atoms with Crippen molar-refractivity contribution in [2.75, 3.05) is 22.6 Å². The van der Waals surface area contributed by atoms with E-state index >= 15 is 0 Å². The van der Waals surface area contributed by atoms with E-state index in [-0.39, 0.29) is 29.0 Å². The molecule has 0 aliphatic heterocycles. The van der Waals surface area contributed by atoms with Gasteiger partial charge in [0.1, 0.15) is 10.3 Å². The first-order chi connectivity index (χ1) is 21.3. The molecule has 1 unspecified atom stereocenters. The summed E-state index contributed by atoms with van der Waals surface area (Å²) in [6, 6.07) is 25.7. The number of amides is 3. The molecule has 1 aromatic heterocycles. The van der Waals surface area contributed by atoms with Crippen LogP contribution in [0.3, 0.4) is 0 Å². The first kappa shape index (κ1) is 32.5. The highest BCUT2D eigenvalue weighted by molar-refractivity contribution is 8.00. The molecule has 3 amide bonds. The van der Waals surface area contributed by atoms with E-state index < -0.39 is 17.1 Å². The third-order valence-corrected chi connectivity index (χ3v) is 9.02. The van der Waals surface area contributed by atoms with Crippen molar-refractivity contribution in [3.63, 3.8) is 0 Å². The number of carbonyl (C=O) groups excluding carboxylic acids is 4. The number of anilines is 3. The highest BCUT2D eigenvalue weighted by Gasteiger charge is 2.29. The van der Waals surface area contributed by atoms with Gasteiger partial charge in [0.15, 0.2) is 0 Å². The second-order valence-corrected chi connectivity index (χ2v) is 12.1. The summed E-state index contributed by atoms with van der Waals surface area (Å²) in [4.78, 5) is 53.6. The van der Waals surface area contributed by atoms with E-state index in [1.165, 1.54) is 11.8 Å². The second kappa shape index (κ2) is 15.9. The topological polar surface area (TPSA) is 114 Å². The number of rotatable bonds is 13. The number of thioether (sulfide) groups is 1. The van der Waals surface area contributed by atoms with Crippen molar-refractivity contribution in [2.45, 2.75) is 50.2 Å². The summed E-state index contributed by atoms with van der Waals surface area (Å²) in [5.74, 6) is -1.44. The predicted octanol–water partition coefficient (Wildman–Crippen LogP) is 8.09. The van der Waals surface area contributed by atoms with Crippen LogP contribution in [-0.4, -0.2) is 30.3 Å². The molecule has 3 aromatic carbocycles. The number of para-hydroxylation sites is 1. The van der Waals surface area contributed by atoms with E-state index in [9.17, 15) is 19.2 Å². The smallest absolute Gasteiger partial charge is 0.341 e. The van der Waals surface area contributed by atoms with Crippen molar-refractivity contribution in [1.82, 2.24) is 0 Å². The first-order valence-electron chi connectivity index (χ1n) is 14.4. The van der Waals surface area contributed by atoms with Gasteiger partial charge in [-0.1, -0.05) is 67.9 Å². The van der Waals surface area contributed by atoms with Crippen molar-refractivity contribution in [1.29, 1.82) is 0 Å². The van der Waals surface area contributed by atoms with Crippen LogP contribution in [0.2, 0.25) is 0 Å². The highest BCUT2D eigenvalue weighted by atomic mass is 32.2. The Balaban J connectivity index is 1.63. The molecule has 0 aliphatic rings. The minimum Gasteiger partial charge on any atom is -0.462 e. The van der Waals surface area contributed by atoms with Crippen LogP contribution < -0.4 is 16.0 Å². The van der Waals surface area contributed by atoms with E-state index in [1.54, 1.807) is 26.0 Å². The molecule has 4 aromatic rings. The Labute approximate surface area is 265 Å². The van der Waals surface area contributed by atoms with E-state index in [4.69, 9.17) is 4.74 Å². The summed E-state index contributed by atoms with van der Waals surface area (Å²) in [7, 11) is 0. The van der Waals surface area contributed by atoms with Gasteiger partial charge in [0.2, 0.25) is 11.8 Å². The van der Waals surface area contributed by atoms with Gasteiger partial charge < -0.3 is 20.7 Å². The van der Waals surface area contributed by atoms with Crippen molar-refractivity contribution < 1.29 is 23.9 Å². The van der Waals surface area contributed by atoms with Gasteiger partial charge in [-0.15, -0.1) is 23.1 Å². The molecule has 0 aliphatic carbocycles. The molecule has 10 heteroatoms. The molecule has 8 nitrogen and oxygen atoms in total. The summed E-state index contributed by atoms with van der Waals surface area (Å²) in [6.07, 6.45) is 2.18. The van der Waals surface area contributed by atoms with Crippen molar-refractivity contribution in [3.8, 4) is 0 Å². The standard InChI is InChI=1S/C34H35N3O5S2/c1-4-6-20-27(38)35-25-18-13-19-26(21-25)43-30(23-14-9-7-10-15-23)32(40)37-33-28(34(41)42-5-2)22(3)29(44-33)31(39)36-24-16-11-8-12-17-24/h7-19,21,30H,4-6,20H2,1-3H3,(H,35,38)(H,36,39)(H,37,40). The average molecular weight is 630 g/mol. The maximum absolute atomic E-state index is 14.0. The molecule has 0 bridgehead atoms. The van der Waals surface area contributed by atoms with Gasteiger partial charge in [-0.3, -0.25) is 14.4 Å². The quantitative estimate of drug-likeness (QED) is 0.102. The zero-order valence-electron chi connectivity index (χ0n) is 24.8. The Bertz CT molecular complexity index is 1610. The number of nitrogens with one attached hydrogen (secondary N) is 3. The number of carbonyl (C=O) groups is 4. The number of ether oxygens (including phenoxy) is 1. The Kier molecular flexibility index (Phi) is 11.7. The zero-order chi connectivity index (χ0) is 31.5. The molecule has 228 valence electrons. The highest BCUT2D eigenvalue weighted by Crippen LogP contribution is 2.40. The molecule has 0 spiro atoms. The fourth-order valence-corrected chi connectivity index (χ4v) is 6.58. The number of hydrogen-bond donors (Lipinski definition) is 3. The Hall–Kier alpha value is -4.41. The fraction of sp³-hybridized carbons (Fsp3) is 0.235. The predicted molar refractivity (Wildman–Crippen MR) is 178 cm³/mol. The Morgan fingerprint density at radius 1 is 0.841 bits per heavy atom. The molecule has 3 N–H and O–H groups in total. The zero-order valence-corrected chi connectivity index (χ0v) is 26.5. The van der Waals surface area contributed by atoms with Crippen LogP contribution in [0.15, 0.2) is 89.8 Å². The van der Waals surface area contributed by atoms with Crippen LogP contribution >= 0.6 is 23.1 Å². The molecule has 0 radical (unpaired) electrons. The third kappa shape index (κ3) is 8.58. The molecule has 1 atom stereocenters. The molecule has 0 fully saturated rings. The SMILES string of the molecule is CCCCC(=O)Nc1cccc(SC(C(=O)Nc2sc(C(=O)Nc3ccccc3)c(C)c2C(=O)OCC)c2ccccc2)c1. The molecule has 0 saturated carbocycles. The van der Waals surface area contributed by atoms with Gasteiger partial charge in [0.05, 0.1) is 17.0 Å². The van der Waals surface area contributed by atoms with E-state index in [0.29, 0.717) is 28.2 Å². The van der Waals surface area contributed by atoms with E-state index in [0.717, 1.165) is 34.6 Å². The van der Waals surface area contributed by atoms with Crippen molar-refractivity contribution in [3.05, 3.63) is 106 Å². The Morgan fingerprint density at radius 3 is 2.20 bits per heavy atom. The summed E-state index contributed by atoms with van der Waals surface area (Å²) >= 11 is 2.35. The van der Waals surface area contributed by atoms with Crippen LogP contribution in [0.25, 0.3) is 0 Å². The van der Waals surface area contributed by atoms with Crippen LogP contribution in [0.5, 0.6) is 0 Å². The summed E-state index contributed by atoms with van der Waals surface area (Å²) < 4.78 is 5.30. The second-order valence-electron chi connectivity index (χ2n) is 9.88. The maximum atomic E-state index is 14.0. The molecule has 44 heavy (non-hydrogen) atoms. The fourth-order valence-electron chi connectivity index (χ4n) is 4.40. The van der Waals surface area contributed by atoms with Crippen molar-refractivity contribution in [2.24, 2.45) is 0 Å². The minimum absolute atomic E-state index is 0.0574. The Morgan fingerprint density at radius 2 is 1.52 bits per heavy atom. The van der Waals surface area contributed by atoms with E-state index in [2.05, 4.69) is 16.0 Å². The van der Waals surface area contributed by atoms with Gasteiger partial charge in [-0.2, -0.15) is 0 Å². The average Bonchev–Trinajstić information content (AvgIpc) is 3.35. The van der Waals surface area contributed by atoms with Crippen molar-refractivity contribution >= 4 is 63.2 Å². The third-order valence-electron chi connectivity index (χ3n) is 6.57. The van der Waals surface area contributed by atoms with Gasteiger partial charge in [0.25, 0.3) is 5.91 Å². The van der Waals surface area contributed by atoms with Crippen LogP contribution in [0.1, 0.15) is 69.5 Å².